The predicted molar refractivity (Wildman–Crippen MR) is 102 cm³/mol. The van der Waals surface area contributed by atoms with Crippen molar-refractivity contribution in [3.8, 4) is 5.75 Å². The van der Waals surface area contributed by atoms with Crippen LogP contribution in [-0.4, -0.2) is 40.9 Å². The van der Waals surface area contributed by atoms with E-state index in [9.17, 15) is 9.59 Å². The number of ether oxygens (including phenoxy) is 1. The van der Waals surface area contributed by atoms with Crippen LogP contribution in [0, 0.1) is 5.92 Å². The van der Waals surface area contributed by atoms with Gasteiger partial charge in [0, 0.05) is 43.5 Å². The number of aromatic nitrogens is 1. The average molecular weight is 365 g/mol. The minimum absolute atomic E-state index is 0.0188. The van der Waals surface area contributed by atoms with Crippen molar-refractivity contribution in [3.05, 3.63) is 53.9 Å². The average Bonchev–Trinajstić information content (AvgIpc) is 3.07. The van der Waals surface area contributed by atoms with Gasteiger partial charge in [-0.3, -0.25) is 14.6 Å². The summed E-state index contributed by atoms with van der Waals surface area (Å²) < 4.78 is 5.70. The van der Waals surface area contributed by atoms with Gasteiger partial charge in [-0.1, -0.05) is 0 Å². The van der Waals surface area contributed by atoms with Gasteiger partial charge in [0.25, 0.3) is 5.91 Å². The molecule has 1 N–H and O–H groups in total. The third kappa shape index (κ3) is 3.79. The highest BCUT2D eigenvalue weighted by Crippen LogP contribution is 2.31. The highest BCUT2D eigenvalue weighted by Gasteiger charge is 2.28. The second-order valence-corrected chi connectivity index (χ2v) is 7.25. The van der Waals surface area contributed by atoms with Gasteiger partial charge in [-0.25, -0.2) is 0 Å². The van der Waals surface area contributed by atoms with Crippen molar-refractivity contribution < 1.29 is 14.3 Å². The molecule has 2 aliphatic heterocycles. The van der Waals surface area contributed by atoms with E-state index in [1.807, 2.05) is 25.1 Å². The first-order chi connectivity index (χ1) is 13.1. The molecule has 1 unspecified atom stereocenters. The molecule has 27 heavy (non-hydrogen) atoms. The van der Waals surface area contributed by atoms with Gasteiger partial charge in [0.15, 0.2) is 0 Å². The molecule has 0 saturated carbocycles. The van der Waals surface area contributed by atoms with Gasteiger partial charge in [-0.05, 0) is 55.7 Å². The lowest BCUT2D eigenvalue weighted by Gasteiger charge is -2.31. The third-order valence-electron chi connectivity index (χ3n) is 5.22. The van der Waals surface area contributed by atoms with Crippen LogP contribution in [0.3, 0.4) is 0 Å². The minimum atomic E-state index is -0.0774. The van der Waals surface area contributed by atoms with E-state index in [1.165, 1.54) is 0 Å². The number of likely N-dealkylation sites (tertiary alicyclic amines) is 1. The molecule has 0 bridgehead atoms. The molecule has 6 heteroatoms. The molecule has 2 amide bonds. The van der Waals surface area contributed by atoms with Gasteiger partial charge >= 0.3 is 0 Å². The summed E-state index contributed by atoms with van der Waals surface area (Å²) in [6.45, 7) is 3.21. The SMILES string of the molecule is CC1Cc2cc(NC(=O)C3CCN(C(=O)c4cccnc4)CC3)ccc2O1. The standard InChI is InChI=1S/C21H23N3O3/c1-14-11-17-12-18(4-5-19(17)27-14)23-20(25)15-6-9-24(10-7-15)21(26)16-3-2-8-22-13-16/h2-5,8,12-15H,6-7,9-11H2,1H3,(H,23,25). The normalized spacial score (nSPS) is 19.3. The highest BCUT2D eigenvalue weighted by molar-refractivity contribution is 5.95. The lowest BCUT2D eigenvalue weighted by molar-refractivity contribution is -0.121. The Bertz CT molecular complexity index is 845. The largest absolute Gasteiger partial charge is 0.490 e. The van der Waals surface area contributed by atoms with Gasteiger partial charge in [0.05, 0.1) is 5.56 Å². The van der Waals surface area contributed by atoms with Crippen LogP contribution in [0.15, 0.2) is 42.7 Å². The van der Waals surface area contributed by atoms with Crippen LogP contribution in [0.1, 0.15) is 35.7 Å². The lowest BCUT2D eigenvalue weighted by atomic mass is 9.95. The number of nitrogens with one attached hydrogen (secondary N) is 1. The molecule has 4 rings (SSSR count). The van der Waals surface area contributed by atoms with Gasteiger partial charge < -0.3 is 15.0 Å². The second-order valence-electron chi connectivity index (χ2n) is 7.25. The smallest absolute Gasteiger partial charge is 0.255 e. The van der Waals surface area contributed by atoms with E-state index < -0.39 is 0 Å². The number of pyridine rings is 1. The summed E-state index contributed by atoms with van der Waals surface area (Å²) in [5.41, 5.74) is 2.54. The Balaban J connectivity index is 1.33. The molecule has 1 saturated heterocycles. The molecule has 3 heterocycles. The van der Waals surface area contributed by atoms with Crippen molar-refractivity contribution in [2.45, 2.75) is 32.3 Å². The summed E-state index contributed by atoms with van der Waals surface area (Å²) in [6, 6.07) is 9.33. The second kappa shape index (κ2) is 7.39. The fourth-order valence-corrected chi connectivity index (χ4v) is 3.76. The van der Waals surface area contributed by atoms with Crippen LogP contribution in [0.25, 0.3) is 0 Å². The van der Waals surface area contributed by atoms with Crippen molar-refractivity contribution >= 4 is 17.5 Å². The van der Waals surface area contributed by atoms with Crippen LogP contribution < -0.4 is 10.1 Å². The zero-order valence-corrected chi connectivity index (χ0v) is 15.4. The predicted octanol–water partition coefficient (Wildman–Crippen LogP) is 2.90. The maximum absolute atomic E-state index is 12.6. The van der Waals surface area contributed by atoms with Crippen LogP contribution in [0.2, 0.25) is 0 Å². The van der Waals surface area contributed by atoms with E-state index in [-0.39, 0.29) is 23.8 Å². The summed E-state index contributed by atoms with van der Waals surface area (Å²) in [5, 5.41) is 3.02. The maximum Gasteiger partial charge on any atom is 0.255 e. The van der Waals surface area contributed by atoms with E-state index in [0.717, 1.165) is 23.4 Å². The molecule has 140 valence electrons. The number of rotatable bonds is 3. The molecule has 2 aromatic rings. The van der Waals surface area contributed by atoms with Crippen LogP contribution in [0.5, 0.6) is 5.75 Å². The molecule has 1 fully saturated rings. The van der Waals surface area contributed by atoms with E-state index >= 15 is 0 Å². The van der Waals surface area contributed by atoms with Gasteiger partial charge in [0.1, 0.15) is 11.9 Å². The number of piperidine rings is 1. The Hall–Kier alpha value is -2.89. The van der Waals surface area contributed by atoms with Crippen molar-refractivity contribution in [1.82, 2.24) is 9.88 Å². The number of anilines is 1. The summed E-state index contributed by atoms with van der Waals surface area (Å²) in [5.74, 6) is 0.833. The number of fused-ring (bicyclic) bond motifs is 1. The number of hydrogen-bond acceptors (Lipinski definition) is 4. The molecule has 6 nitrogen and oxygen atoms in total. The summed E-state index contributed by atoms with van der Waals surface area (Å²) >= 11 is 0. The Kier molecular flexibility index (Phi) is 4.79. The minimum Gasteiger partial charge on any atom is -0.490 e. The Labute approximate surface area is 158 Å². The summed E-state index contributed by atoms with van der Waals surface area (Å²) in [7, 11) is 0. The number of carbonyl (C=O) groups excluding carboxylic acids is 2. The molecule has 1 atom stereocenters. The van der Waals surface area contributed by atoms with Gasteiger partial charge in [-0.15, -0.1) is 0 Å². The lowest BCUT2D eigenvalue weighted by Crippen LogP contribution is -2.41. The fraction of sp³-hybridized carbons (Fsp3) is 0.381. The summed E-state index contributed by atoms with van der Waals surface area (Å²) in [4.78, 5) is 30.9. The fourth-order valence-electron chi connectivity index (χ4n) is 3.76. The third-order valence-corrected chi connectivity index (χ3v) is 5.22. The summed E-state index contributed by atoms with van der Waals surface area (Å²) in [6.07, 6.45) is 5.63. The molecule has 1 aromatic carbocycles. The van der Waals surface area contributed by atoms with Crippen LogP contribution in [0.4, 0.5) is 5.69 Å². The Morgan fingerprint density at radius 2 is 2.04 bits per heavy atom. The van der Waals surface area contributed by atoms with Gasteiger partial charge in [-0.2, -0.15) is 0 Å². The Morgan fingerprint density at radius 3 is 2.78 bits per heavy atom. The van der Waals surface area contributed by atoms with E-state index in [2.05, 4.69) is 10.3 Å². The van der Waals surface area contributed by atoms with E-state index in [0.29, 0.717) is 31.5 Å². The number of carbonyl (C=O) groups is 2. The zero-order valence-electron chi connectivity index (χ0n) is 15.4. The van der Waals surface area contributed by atoms with Crippen LogP contribution in [-0.2, 0) is 11.2 Å². The molecule has 0 spiro atoms. The Morgan fingerprint density at radius 1 is 1.22 bits per heavy atom. The van der Waals surface area contributed by atoms with Crippen molar-refractivity contribution in [1.29, 1.82) is 0 Å². The first kappa shape index (κ1) is 17.5. The monoisotopic (exact) mass is 365 g/mol. The molecule has 2 aliphatic rings. The van der Waals surface area contributed by atoms with Crippen molar-refractivity contribution in [2.24, 2.45) is 5.92 Å². The quantitative estimate of drug-likeness (QED) is 0.908. The highest BCUT2D eigenvalue weighted by atomic mass is 16.5. The topological polar surface area (TPSA) is 71.5 Å². The first-order valence-electron chi connectivity index (χ1n) is 9.40. The zero-order chi connectivity index (χ0) is 18.8. The maximum atomic E-state index is 12.6. The van der Waals surface area contributed by atoms with Crippen LogP contribution >= 0.6 is 0 Å². The molecule has 0 aliphatic carbocycles. The van der Waals surface area contributed by atoms with E-state index in [1.54, 1.807) is 29.4 Å². The van der Waals surface area contributed by atoms with Gasteiger partial charge in [0.2, 0.25) is 5.91 Å². The molecule has 0 radical (unpaired) electrons. The molecular weight excluding hydrogens is 342 g/mol. The number of nitrogens with zero attached hydrogens (tertiary/aromatic N) is 2. The van der Waals surface area contributed by atoms with Crippen molar-refractivity contribution in [3.63, 3.8) is 0 Å². The molecular formula is C21H23N3O3. The van der Waals surface area contributed by atoms with E-state index in [4.69, 9.17) is 4.74 Å². The molecule has 1 aromatic heterocycles. The first-order valence-corrected chi connectivity index (χ1v) is 9.40. The number of hydrogen-bond donors (Lipinski definition) is 1. The number of benzene rings is 1. The number of amides is 2. The van der Waals surface area contributed by atoms with Crippen molar-refractivity contribution in [2.75, 3.05) is 18.4 Å².